The third kappa shape index (κ3) is 5.32. The third-order valence-corrected chi connectivity index (χ3v) is 4.39. The van der Waals surface area contributed by atoms with Gasteiger partial charge in [-0.05, 0) is 54.2 Å². The lowest BCUT2D eigenvalue weighted by molar-refractivity contribution is -0.128. The minimum atomic E-state index is -0.571. The van der Waals surface area contributed by atoms with Crippen LogP contribution in [0.15, 0.2) is 48.5 Å². The number of amides is 1. The van der Waals surface area contributed by atoms with Crippen LogP contribution in [0, 0.1) is 5.82 Å². The van der Waals surface area contributed by atoms with Crippen LogP contribution in [-0.2, 0) is 10.2 Å². The number of hydrogen-bond acceptors (Lipinski definition) is 2. The van der Waals surface area contributed by atoms with Gasteiger partial charge in [0, 0.05) is 0 Å². The van der Waals surface area contributed by atoms with Gasteiger partial charge in [-0.25, -0.2) is 4.39 Å². The Morgan fingerprint density at radius 1 is 1.08 bits per heavy atom. The van der Waals surface area contributed by atoms with E-state index < -0.39 is 6.10 Å². The number of carbonyl (C=O) groups excluding carboxylic acids is 1. The minimum Gasteiger partial charge on any atom is -0.481 e. The highest BCUT2D eigenvalue weighted by Crippen LogP contribution is 2.25. The summed E-state index contributed by atoms with van der Waals surface area (Å²) in [6, 6.07) is 13.8. The molecule has 26 heavy (non-hydrogen) atoms. The van der Waals surface area contributed by atoms with Gasteiger partial charge in [0.05, 0.1) is 6.04 Å². The average Bonchev–Trinajstić information content (AvgIpc) is 2.59. The van der Waals surface area contributed by atoms with Crippen molar-refractivity contribution in [3.63, 3.8) is 0 Å². The molecule has 0 spiro atoms. The fourth-order valence-electron chi connectivity index (χ4n) is 2.66. The Morgan fingerprint density at radius 2 is 1.65 bits per heavy atom. The molecule has 2 rings (SSSR count). The molecule has 0 unspecified atom stereocenters. The van der Waals surface area contributed by atoms with Crippen LogP contribution >= 0.6 is 0 Å². The molecule has 0 aliphatic carbocycles. The maximum absolute atomic E-state index is 13.0. The van der Waals surface area contributed by atoms with Crippen molar-refractivity contribution in [1.29, 1.82) is 0 Å². The summed E-state index contributed by atoms with van der Waals surface area (Å²) in [5.74, 6) is 0.208. The fraction of sp³-hybridized carbons (Fsp3) is 0.409. The molecule has 4 heteroatoms. The molecule has 0 saturated carbocycles. The van der Waals surface area contributed by atoms with E-state index in [9.17, 15) is 9.18 Å². The summed E-state index contributed by atoms with van der Waals surface area (Å²) in [7, 11) is 0. The van der Waals surface area contributed by atoms with E-state index in [-0.39, 0.29) is 23.2 Å². The Hall–Kier alpha value is -2.36. The van der Waals surface area contributed by atoms with Gasteiger partial charge in [-0.15, -0.1) is 0 Å². The smallest absolute Gasteiger partial charge is 0.261 e. The molecule has 140 valence electrons. The highest BCUT2D eigenvalue weighted by molar-refractivity contribution is 5.81. The van der Waals surface area contributed by atoms with Crippen molar-refractivity contribution in [2.45, 2.75) is 58.6 Å². The quantitative estimate of drug-likeness (QED) is 0.776. The van der Waals surface area contributed by atoms with Crippen molar-refractivity contribution < 1.29 is 13.9 Å². The largest absolute Gasteiger partial charge is 0.481 e. The zero-order valence-electron chi connectivity index (χ0n) is 16.2. The molecular weight excluding hydrogens is 329 g/mol. The predicted molar refractivity (Wildman–Crippen MR) is 103 cm³/mol. The van der Waals surface area contributed by atoms with Crippen LogP contribution in [0.4, 0.5) is 4.39 Å². The summed E-state index contributed by atoms with van der Waals surface area (Å²) in [5, 5.41) is 2.94. The maximum atomic E-state index is 13.0. The highest BCUT2D eigenvalue weighted by atomic mass is 19.1. The Balaban J connectivity index is 2.00. The van der Waals surface area contributed by atoms with Crippen molar-refractivity contribution >= 4 is 5.91 Å². The molecule has 2 aromatic carbocycles. The first-order chi connectivity index (χ1) is 12.2. The Labute approximate surface area is 155 Å². The number of benzene rings is 2. The van der Waals surface area contributed by atoms with Gasteiger partial charge in [0.15, 0.2) is 6.10 Å². The van der Waals surface area contributed by atoms with Crippen molar-refractivity contribution in [2.24, 2.45) is 0 Å². The van der Waals surface area contributed by atoms with E-state index in [4.69, 9.17) is 4.74 Å². The lowest BCUT2D eigenvalue weighted by Gasteiger charge is -2.22. The lowest BCUT2D eigenvalue weighted by atomic mass is 9.87. The van der Waals surface area contributed by atoms with Gasteiger partial charge in [-0.3, -0.25) is 4.79 Å². The van der Waals surface area contributed by atoms with Crippen LogP contribution in [0.5, 0.6) is 5.75 Å². The molecule has 1 N–H and O–H groups in total. The van der Waals surface area contributed by atoms with Gasteiger partial charge in [0.25, 0.3) is 5.91 Å². The molecule has 2 aromatic rings. The van der Waals surface area contributed by atoms with Gasteiger partial charge in [-0.2, -0.15) is 0 Å². The first kappa shape index (κ1) is 20.0. The zero-order chi connectivity index (χ0) is 19.3. The van der Waals surface area contributed by atoms with Crippen molar-refractivity contribution in [3.8, 4) is 5.75 Å². The van der Waals surface area contributed by atoms with Crippen LogP contribution < -0.4 is 10.1 Å². The number of nitrogens with one attached hydrogen (secondary N) is 1. The number of rotatable bonds is 6. The molecule has 0 aliphatic rings. The van der Waals surface area contributed by atoms with Crippen LogP contribution in [0.2, 0.25) is 0 Å². The normalized spacial score (nSPS) is 13.8. The van der Waals surface area contributed by atoms with E-state index >= 15 is 0 Å². The van der Waals surface area contributed by atoms with Crippen molar-refractivity contribution in [3.05, 3.63) is 65.5 Å². The van der Waals surface area contributed by atoms with E-state index in [1.165, 1.54) is 17.7 Å². The van der Waals surface area contributed by atoms with E-state index in [1.807, 2.05) is 38.1 Å². The zero-order valence-corrected chi connectivity index (χ0v) is 16.2. The van der Waals surface area contributed by atoms with Gasteiger partial charge in [-0.1, -0.05) is 52.0 Å². The summed E-state index contributed by atoms with van der Waals surface area (Å²) in [6.07, 6.45) is -0.0124. The lowest BCUT2D eigenvalue weighted by Crippen LogP contribution is -2.39. The monoisotopic (exact) mass is 357 g/mol. The highest BCUT2D eigenvalue weighted by Gasteiger charge is 2.21. The van der Waals surface area contributed by atoms with Gasteiger partial charge in [0.1, 0.15) is 11.6 Å². The number of carbonyl (C=O) groups is 1. The van der Waals surface area contributed by atoms with Gasteiger partial charge in [0.2, 0.25) is 0 Å². The van der Waals surface area contributed by atoms with E-state index in [0.29, 0.717) is 12.2 Å². The maximum Gasteiger partial charge on any atom is 0.261 e. The SMILES string of the molecule is CC[C@H](Oc1ccc(C(C)(C)C)cc1)C(=O)N[C@H](C)c1ccc(F)cc1. The van der Waals surface area contributed by atoms with Crippen molar-refractivity contribution in [2.75, 3.05) is 0 Å². The Bertz CT molecular complexity index is 717. The third-order valence-electron chi connectivity index (χ3n) is 4.39. The second kappa shape index (κ2) is 8.35. The van der Waals surface area contributed by atoms with Crippen LogP contribution in [0.1, 0.15) is 58.2 Å². The summed E-state index contributed by atoms with van der Waals surface area (Å²) >= 11 is 0. The summed E-state index contributed by atoms with van der Waals surface area (Å²) in [6.45, 7) is 10.2. The van der Waals surface area contributed by atoms with Crippen molar-refractivity contribution in [1.82, 2.24) is 5.32 Å². The molecular formula is C22H28FNO2. The van der Waals surface area contributed by atoms with Crippen LogP contribution in [0.3, 0.4) is 0 Å². The van der Waals surface area contributed by atoms with E-state index in [0.717, 1.165) is 5.56 Å². The molecule has 2 atom stereocenters. The fourth-order valence-corrected chi connectivity index (χ4v) is 2.66. The van der Waals surface area contributed by atoms with E-state index in [2.05, 4.69) is 26.1 Å². The minimum absolute atomic E-state index is 0.0741. The van der Waals surface area contributed by atoms with Gasteiger partial charge >= 0.3 is 0 Å². The summed E-state index contributed by atoms with van der Waals surface area (Å²) in [5.41, 5.74) is 2.14. The Morgan fingerprint density at radius 3 is 2.15 bits per heavy atom. The van der Waals surface area contributed by atoms with E-state index in [1.54, 1.807) is 12.1 Å². The molecule has 0 bridgehead atoms. The number of ether oxygens (including phenoxy) is 1. The van der Waals surface area contributed by atoms with Gasteiger partial charge < -0.3 is 10.1 Å². The first-order valence-corrected chi connectivity index (χ1v) is 9.03. The molecule has 3 nitrogen and oxygen atoms in total. The second-order valence-corrected chi connectivity index (χ2v) is 7.57. The molecule has 0 heterocycles. The molecule has 0 aliphatic heterocycles. The number of halogens is 1. The second-order valence-electron chi connectivity index (χ2n) is 7.57. The molecule has 1 amide bonds. The molecule has 0 saturated heterocycles. The average molecular weight is 357 g/mol. The molecule has 0 aromatic heterocycles. The van der Waals surface area contributed by atoms with Crippen LogP contribution in [0.25, 0.3) is 0 Å². The Kier molecular flexibility index (Phi) is 6.41. The molecule has 0 radical (unpaired) electrons. The summed E-state index contributed by atoms with van der Waals surface area (Å²) < 4.78 is 18.9. The topological polar surface area (TPSA) is 38.3 Å². The first-order valence-electron chi connectivity index (χ1n) is 9.03. The van der Waals surface area contributed by atoms with Crippen LogP contribution in [-0.4, -0.2) is 12.0 Å². The standard InChI is InChI=1S/C22H28FNO2/c1-6-20(26-19-13-9-17(10-14-19)22(3,4)5)21(25)24-15(2)16-7-11-18(23)12-8-16/h7-15,20H,6H2,1-5H3,(H,24,25)/t15-,20+/m1/s1. The molecule has 0 fully saturated rings. The summed E-state index contributed by atoms with van der Waals surface area (Å²) in [4.78, 5) is 12.5. The predicted octanol–water partition coefficient (Wildman–Crippen LogP) is 5.16. The number of hydrogen-bond donors (Lipinski definition) is 1.